The molecular formula is C12H23NO3. The van der Waals surface area contributed by atoms with Gasteiger partial charge in [-0.05, 0) is 32.6 Å². The van der Waals surface area contributed by atoms with Crippen molar-refractivity contribution in [1.82, 2.24) is 5.32 Å². The minimum atomic E-state index is -0.0378. The zero-order valence-electron chi connectivity index (χ0n) is 10.4. The second-order valence-electron chi connectivity index (χ2n) is 4.65. The Labute approximate surface area is 97.4 Å². The number of carbonyl (C=O) groups excluding carboxylic acids is 1. The highest BCUT2D eigenvalue weighted by molar-refractivity contribution is 5.79. The molecule has 1 rings (SSSR count). The van der Waals surface area contributed by atoms with Crippen LogP contribution in [-0.4, -0.2) is 36.4 Å². The van der Waals surface area contributed by atoms with Crippen LogP contribution in [0.15, 0.2) is 0 Å². The number of nitrogens with one attached hydrogen (secondary N) is 1. The highest BCUT2D eigenvalue weighted by Gasteiger charge is 2.41. The Morgan fingerprint density at radius 2 is 1.94 bits per heavy atom. The number of carbonyl (C=O) groups is 1. The molecular weight excluding hydrogens is 206 g/mol. The van der Waals surface area contributed by atoms with Gasteiger partial charge in [0.05, 0.1) is 18.1 Å². The molecule has 1 amide bonds. The summed E-state index contributed by atoms with van der Waals surface area (Å²) in [4.78, 5) is 11.9. The Kier molecular flexibility index (Phi) is 5.22. The molecule has 16 heavy (non-hydrogen) atoms. The predicted molar refractivity (Wildman–Crippen MR) is 62.0 cm³/mol. The van der Waals surface area contributed by atoms with Crippen LogP contribution in [0.4, 0.5) is 0 Å². The molecule has 0 bridgehead atoms. The van der Waals surface area contributed by atoms with Gasteiger partial charge in [-0.15, -0.1) is 0 Å². The van der Waals surface area contributed by atoms with Crippen molar-refractivity contribution >= 4 is 5.91 Å². The molecule has 0 spiro atoms. The minimum absolute atomic E-state index is 0.00263. The quantitative estimate of drug-likeness (QED) is 0.690. The van der Waals surface area contributed by atoms with E-state index in [0.29, 0.717) is 6.54 Å². The Morgan fingerprint density at radius 1 is 1.25 bits per heavy atom. The fourth-order valence-corrected chi connectivity index (χ4v) is 2.28. The lowest BCUT2D eigenvalue weighted by molar-refractivity contribution is -0.127. The van der Waals surface area contributed by atoms with Gasteiger partial charge in [-0.2, -0.15) is 0 Å². The third kappa shape index (κ3) is 3.19. The highest BCUT2D eigenvalue weighted by Crippen LogP contribution is 2.32. The highest BCUT2D eigenvalue weighted by atomic mass is 16.5. The SMILES string of the molecule is CC1OC(C)C(C(=O)NCCCCO)C1C. The molecule has 1 heterocycles. The lowest BCUT2D eigenvalue weighted by Crippen LogP contribution is -2.37. The van der Waals surface area contributed by atoms with E-state index < -0.39 is 0 Å². The molecule has 1 saturated heterocycles. The first-order valence-corrected chi connectivity index (χ1v) is 6.12. The molecule has 1 aliphatic rings. The summed E-state index contributed by atoms with van der Waals surface area (Å²) in [6.07, 6.45) is 1.72. The van der Waals surface area contributed by atoms with Crippen LogP contribution < -0.4 is 5.32 Å². The zero-order chi connectivity index (χ0) is 12.1. The summed E-state index contributed by atoms with van der Waals surface area (Å²) in [6, 6.07) is 0. The molecule has 94 valence electrons. The van der Waals surface area contributed by atoms with Crippen molar-refractivity contribution in [3.8, 4) is 0 Å². The topological polar surface area (TPSA) is 58.6 Å². The monoisotopic (exact) mass is 229 g/mol. The van der Waals surface area contributed by atoms with Crippen LogP contribution in [0, 0.1) is 11.8 Å². The molecule has 1 aliphatic heterocycles. The van der Waals surface area contributed by atoms with Crippen molar-refractivity contribution in [3.63, 3.8) is 0 Å². The minimum Gasteiger partial charge on any atom is -0.396 e. The average Bonchev–Trinajstić information content (AvgIpc) is 2.48. The summed E-state index contributed by atoms with van der Waals surface area (Å²) in [5, 5.41) is 11.5. The van der Waals surface area contributed by atoms with E-state index >= 15 is 0 Å². The second-order valence-corrected chi connectivity index (χ2v) is 4.65. The summed E-state index contributed by atoms with van der Waals surface area (Å²) >= 11 is 0. The summed E-state index contributed by atoms with van der Waals surface area (Å²) in [6.45, 7) is 6.86. The van der Waals surface area contributed by atoms with Crippen LogP contribution >= 0.6 is 0 Å². The molecule has 4 nitrogen and oxygen atoms in total. The number of ether oxygens (including phenoxy) is 1. The standard InChI is InChI=1S/C12H23NO3/c1-8-9(2)16-10(3)11(8)12(15)13-6-4-5-7-14/h8-11,14H,4-7H2,1-3H3,(H,13,15). The van der Waals surface area contributed by atoms with Crippen molar-refractivity contribution in [3.05, 3.63) is 0 Å². The van der Waals surface area contributed by atoms with E-state index in [-0.39, 0.29) is 36.6 Å². The van der Waals surface area contributed by atoms with E-state index in [2.05, 4.69) is 12.2 Å². The first kappa shape index (κ1) is 13.5. The number of hydrogen-bond donors (Lipinski definition) is 2. The van der Waals surface area contributed by atoms with E-state index in [9.17, 15) is 4.79 Å². The molecule has 2 N–H and O–H groups in total. The maximum atomic E-state index is 11.9. The summed E-state index contributed by atoms with van der Waals surface area (Å²) in [5.41, 5.74) is 0. The molecule has 0 aliphatic carbocycles. The van der Waals surface area contributed by atoms with Crippen LogP contribution in [0.2, 0.25) is 0 Å². The number of hydrogen-bond acceptors (Lipinski definition) is 3. The fraction of sp³-hybridized carbons (Fsp3) is 0.917. The van der Waals surface area contributed by atoms with Crippen LogP contribution in [0.3, 0.4) is 0 Å². The van der Waals surface area contributed by atoms with Gasteiger partial charge in [0.15, 0.2) is 0 Å². The lowest BCUT2D eigenvalue weighted by atomic mass is 9.89. The number of aliphatic hydroxyl groups is 1. The van der Waals surface area contributed by atoms with Gasteiger partial charge in [0.25, 0.3) is 0 Å². The van der Waals surface area contributed by atoms with E-state index in [1.807, 2.05) is 13.8 Å². The largest absolute Gasteiger partial charge is 0.396 e. The van der Waals surface area contributed by atoms with Crippen molar-refractivity contribution in [1.29, 1.82) is 0 Å². The van der Waals surface area contributed by atoms with Crippen molar-refractivity contribution in [2.45, 2.75) is 45.8 Å². The summed E-state index contributed by atoms with van der Waals surface area (Å²) < 4.78 is 5.63. The molecule has 0 aromatic heterocycles. The van der Waals surface area contributed by atoms with E-state index in [0.717, 1.165) is 12.8 Å². The Balaban J connectivity index is 2.35. The molecule has 0 saturated carbocycles. The first-order chi connectivity index (χ1) is 7.57. The molecule has 0 aromatic rings. The normalized spacial score (nSPS) is 34.0. The lowest BCUT2D eigenvalue weighted by Gasteiger charge is -2.17. The third-order valence-corrected chi connectivity index (χ3v) is 3.43. The smallest absolute Gasteiger partial charge is 0.226 e. The molecule has 0 aromatic carbocycles. The van der Waals surface area contributed by atoms with Crippen molar-refractivity contribution < 1.29 is 14.6 Å². The van der Waals surface area contributed by atoms with Gasteiger partial charge in [-0.1, -0.05) is 6.92 Å². The van der Waals surface area contributed by atoms with E-state index in [4.69, 9.17) is 9.84 Å². The zero-order valence-corrected chi connectivity index (χ0v) is 10.4. The van der Waals surface area contributed by atoms with Crippen molar-refractivity contribution in [2.24, 2.45) is 11.8 Å². The number of amides is 1. The maximum absolute atomic E-state index is 11.9. The fourth-order valence-electron chi connectivity index (χ4n) is 2.28. The Morgan fingerprint density at radius 3 is 2.44 bits per heavy atom. The van der Waals surface area contributed by atoms with Gasteiger partial charge in [0, 0.05) is 13.2 Å². The van der Waals surface area contributed by atoms with Gasteiger partial charge < -0.3 is 15.2 Å². The van der Waals surface area contributed by atoms with Crippen molar-refractivity contribution in [2.75, 3.05) is 13.2 Å². The molecule has 4 heteroatoms. The number of rotatable bonds is 5. The number of unbranched alkanes of at least 4 members (excludes halogenated alkanes) is 1. The molecule has 4 unspecified atom stereocenters. The number of aliphatic hydroxyl groups excluding tert-OH is 1. The van der Waals surface area contributed by atoms with Gasteiger partial charge >= 0.3 is 0 Å². The maximum Gasteiger partial charge on any atom is 0.226 e. The Bertz CT molecular complexity index is 232. The van der Waals surface area contributed by atoms with Gasteiger partial charge in [-0.3, -0.25) is 4.79 Å². The predicted octanol–water partition coefficient (Wildman–Crippen LogP) is 0.935. The first-order valence-electron chi connectivity index (χ1n) is 6.12. The van der Waals surface area contributed by atoms with Crippen LogP contribution in [0.5, 0.6) is 0 Å². The third-order valence-electron chi connectivity index (χ3n) is 3.43. The Hall–Kier alpha value is -0.610. The van der Waals surface area contributed by atoms with Gasteiger partial charge in [-0.25, -0.2) is 0 Å². The van der Waals surface area contributed by atoms with Gasteiger partial charge in [0.1, 0.15) is 0 Å². The van der Waals surface area contributed by atoms with Crippen LogP contribution in [0.1, 0.15) is 33.6 Å². The van der Waals surface area contributed by atoms with E-state index in [1.165, 1.54) is 0 Å². The van der Waals surface area contributed by atoms with Gasteiger partial charge in [0.2, 0.25) is 5.91 Å². The molecule has 4 atom stereocenters. The van der Waals surface area contributed by atoms with Crippen LogP contribution in [0.25, 0.3) is 0 Å². The second kappa shape index (κ2) is 6.21. The molecule has 0 radical (unpaired) electrons. The molecule has 1 fully saturated rings. The van der Waals surface area contributed by atoms with Crippen LogP contribution in [-0.2, 0) is 9.53 Å². The summed E-state index contributed by atoms with van der Waals surface area (Å²) in [7, 11) is 0. The van der Waals surface area contributed by atoms with E-state index in [1.54, 1.807) is 0 Å². The average molecular weight is 229 g/mol. The summed E-state index contributed by atoms with van der Waals surface area (Å²) in [5.74, 6) is 0.319.